The zero-order valence-electron chi connectivity index (χ0n) is 5.66. The summed E-state index contributed by atoms with van der Waals surface area (Å²) in [5, 5.41) is 0. The van der Waals surface area contributed by atoms with Crippen molar-refractivity contribution in [1.29, 1.82) is 0 Å². The van der Waals surface area contributed by atoms with Crippen LogP contribution in [0.3, 0.4) is 0 Å². The Morgan fingerprint density at radius 2 is 2.10 bits per heavy atom. The van der Waals surface area contributed by atoms with Gasteiger partial charge in [-0.1, -0.05) is 0 Å². The summed E-state index contributed by atoms with van der Waals surface area (Å²) >= 11 is 0. The van der Waals surface area contributed by atoms with Gasteiger partial charge in [-0.05, 0) is 6.42 Å². The van der Waals surface area contributed by atoms with Gasteiger partial charge in [-0.2, -0.15) is 0 Å². The van der Waals surface area contributed by atoms with Crippen molar-refractivity contribution in [2.45, 2.75) is 37.4 Å². The third-order valence-corrected chi connectivity index (χ3v) is 2.45. The second-order valence-electron chi connectivity index (χ2n) is 3.14. The molecule has 10 heavy (non-hydrogen) atoms. The van der Waals surface area contributed by atoms with Gasteiger partial charge in [0.2, 0.25) is 0 Å². The fourth-order valence-corrected chi connectivity index (χ4v) is 1.85. The number of hydrogen-bond acceptors (Lipinski definition) is 3. The zero-order valence-corrected chi connectivity index (χ0v) is 5.66. The standard InChI is InChI=1S/C7H10O3/c1-2-8-6-3-5-7(10-5)4(1)9-6/h4-7H,1-3H2/t4-,5-,6+,7+/m1/s1. The molecule has 0 aromatic carbocycles. The first-order valence-corrected chi connectivity index (χ1v) is 3.86. The molecule has 0 radical (unpaired) electrons. The minimum atomic E-state index is 0.0440. The summed E-state index contributed by atoms with van der Waals surface area (Å²) in [5.74, 6) is 0. The molecule has 0 spiro atoms. The Bertz CT molecular complexity index is 159. The first kappa shape index (κ1) is 5.52. The lowest BCUT2D eigenvalue weighted by atomic mass is 10.0. The molecule has 3 fully saturated rings. The highest BCUT2D eigenvalue weighted by molar-refractivity contribution is 4.97. The average molecular weight is 142 g/mol. The summed E-state index contributed by atoms with van der Waals surface area (Å²) in [5.41, 5.74) is 0. The van der Waals surface area contributed by atoms with Crippen molar-refractivity contribution >= 4 is 0 Å². The normalized spacial score (nSPS) is 57.6. The largest absolute Gasteiger partial charge is 0.367 e. The molecule has 3 heterocycles. The summed E-state index contributed by atoms with van der Waals surface area (Å²) in [6.45, 7) is 0.849. The predicted molar refractivity (Wildman–Crippen MR) is 32.5 cm³/mol. The molecule has 3 rings (SSSR count). The molecule has 3 saturated heterocycles. The summed E-state index contributed by atoms with van der Waals surface area (Å²) in [6, 6.07) is 0. The lowest BCUT2D eigenvalue weighted by Gasteiger charge is -2.32. The van der Waals surface area contributed by atoms with E-state index in [0.717, 1.165) is 19.4 Å². The summed E-state index contributed by atoms with van der Waals surface area (Å²) in [6.07, 6.45) is 3.22. The van der Waals surface area contributed by atoms with Gasteiger partial charge in [0.1, 0.15) is 6.10 Å². The molecule has 2 bridgehead atoms. The molecule has 4 atom stereocenters. The highest BCUT2D eigenvalue weighted by Gasteiger charge is 2.53. The molecular weight excluding hydrogens is 132 g/mol. The van der Waals surface area contributed by atoms with Crippen molar-refractivity contribution < 1.29 is 14.2 Å². The molecule has 3 heteroatoms. The zero-order chi connectivity index (χ0) is 6.55. The lowest BCUT2D eigenvalue weighted by molar-refractivity contribution is -0.225. The first-order chi connectivity index (χ1) is 4.93. The van der Waals surface area contributed by atoms with Crippen LogP contribution in [0.1, 0.15) is 12.8 Å². The van der Waals surface area contributed by atoms with E-state index in [1.54, 1.807) is 0 Å². The molecule has 0 unspecified atom stereocenters. The van der Waals surface area contributed by atoms with Gasteiger partial charge in [-0.15, -0.1) is 0 Å². The van der Waals surface area contributed by atoms with Crippen molar-refractivity contribution in [2.75, 3.05) is 6.61 Å². The molecule has 0 aliphatic carbocycles. The number of fused-ring (bicyclic) bond motifs is 4. The third kappa shape index (κ3) is 0.654. The van der Waals surface area contributed by atoms with Crippen LogP contribution in [0, 0.1) is 0 Å². The second kappa shape index (κ2) is 1.72. The monoisotopic (exact) mass is 142 g/mol. The Labute approximate surface area is 59.3 Å². The van der Waals surface area contributed by atoms with Crippen LogP contribution in [0.25, 0.3) is 0 Å². The number of rotatable bonds is 0. The van der Waals surface area contributed by atoms with Gasteiger partial charge in [-0.25, -0.2) is 0 Å². The van der Waals surface area contributed by atoms with Crippen molar-refractivity contribution in [2.24, 2.45) is 0 Å². The van der Waals surface area contributed by atoms with E-state index in [2.05, 4.69) is 0 Å². The Hall–Kier alpha value is -0.120. The average Bonchev–Trinajstić information content (AvgIpc) is 2.68. The predicted octanol–water partition coefficient (Wildman–Crippen LogP) is 0.289. The molecule has 0 aromatic heterocycles. The maximum Gasteiger partial charge on any atom is 0.160 e. The van der Waals surface area contributed by atoms with Gasteiger partial charge >= 0.3 is 0 Å². The Kier molecular flexibility index (Phi) is 0.952. The number of hydrogen-bond donors (Lipinski definition) is 0. The smallest absolute Gasteiger partial charge is 0.160 e. The Balaban J connectivity index is 1.82. The van der Waals surface area contributed by atoms with Crippen LogP contribution in [0.2, 0.25) is 0 Å². The molecule has 56 valence electrons. The van der Waals surface area contributed by atoms with Crippen LogP contribution in [0.15, 0.2) is 0 Å². The molecule has 3 nitrogen and oxygen atoms in total. The number of ether oxygens (including phenoxy) is 3. The van der Waals surface area contributed by atoms with E-state index in [-0.39, 0.29) is 6.29 Å². The highest BCUT2D eigenvalue weighted by atomic mass is 16.7. The quantitative estimate of drug-likeness (QED) is 0.455. The maximum atomic E-state index is 5.53. The molecule has 0 saturated carbocycles. The van der Waals surface area contributed by atoms with E-state index in [1.165, 1.54) is 0 Å². The summed E-state index contributed by atoms with van der Waals surface area (Å²) in [7, 11) is 0. The minimum Gasteiger partial charge on any atom is -0.367 e. The van der Waals surface area contributed by atoms with Crippen LogP contribution in [0.4, 0.5) is 0 Å². The van der Waals surface area contributed by atoms with Crippen LogP contribution < -0.4 is 0 Å². The SMILES string of the molecule is C1C[C@H]2O[C@@H](C[C@H]3O[C@@H]23)O1. The van der Waals surface area contributed by atoms with E-state index in [1.807, 2.05) is 0 Å². The van der Waals surface area contributed by atoms with Gasteiger partial charge in [0.25, 0.3) is 0 Å². The van der Waals surface area contributed by atoms with E-state index in [4.69, 9.17) is 14.2 Å². The molecule has 0 amide bonds. The van der Waals surface area contributed by atoms with Gasteiger partial charge in [0, 0.05) is 6.42 Å². The molecule has 3 aliphatic rings. The first-order valence-electron chi connectivity index (χ1n) is 3.86. The van der Waals surface area contributed by atoms with Crippen LogP contribution in [-0.2, 0) is 14.2 Å². The lowest BCUT2D eigenvalue weighted by Crippen LogP contribution is -2.40. The van der Waals surface area contributed by atoms with Crippen LogP contribution in [-0.4, -0.2) is 31.2 Å². The minimum absolute atomic E-state index is 0.0440. The van der Waals surface area contributed by atoms with Crippen molar-refractivity contribution in [3.8, 4) is 0 Å². The fraction of sp³-hybridized carbons (Fsp3) is 1.00. The molecule has 0 N–H and O–H groups in total. The van der Waals surface area contributed by atoms with Gasteiger partial charge in [0.05, 0.1) is 18.8 Å². The van der Waals surface area contributed by atoms with E-state index in [9.17, 15) is 0 Å². The van der Waals surface area contributed by atoms with E-state index >= 15 is 0 Å². The molecule has 3 aliphatic heterocycles. The van der Waals surface area contributed by atoms with E-state index in [0.29, 0.717) is 18.3 Å². The fourth-order valence-electron chi connectivity index (χ4n) is 1.85. The summed E-state index contributed by atoms with van der Waals surface area (Å²) < 4.78 is 16.3. The van der Waals surface area contributed by atoms with Crippen LogP contribution >= 0.6 is 0 Å². The topological polar surface area (TPSA) is 31.0 Å². The van der Waals surface area contributed by atoms with Crippen molar-refractivity contribution in [1.82, 2.24) is 0 Å². The third-order valence-electron chi connectivity index (χ3n) is 2.45. The van der Waals surface area contributed by atoms with Crippen LogP contribution in [0.5, 0.6) is 0 Å². The highest BCUT2D eigenvalue weighted by Crippen LogP contribution is 2.40. The molecule has 0 aromatic rings. The van der Waals surface area contributed by atoms with Crippen molar-refractivity contribution in [3.63, 3.8) is 0 Å². The van der Waals surface area contributed by atoms with Gasteiger partial charge in [0.15, 0.2) is 6.29 Å². The Morgan fingerprint density at radius 3 is 3.10 bits per heavy atom. The number of epoxide rings is 1. The Morgan fingerprint density at radius 1 is 1.10 bits per heavy atom. The van der Waals surface area contributed by atoms with Gasteiger partial charge < -0.3 is 14.2 Å². The van der Waals surface area contributed by atoms with E-state index < -0.39 is 0 Å². The summed E-state index contributed by atoms with van der Waals surface area (Å²) in [4.78, 5) is 0. The van der Waals surface area contributed by atoms with Gasteiger partial charge in [-0.3, -0.25) is 0 Å². The second-order valence-corrected chi connectivity index (χ2v) is 3.14. The van der Waals surface area contributed by atoms with Crippen molar-refractivity contribution in [3.05, 3.63) is 0 Å². The maximum absolute atomic E-state index is 5.53. The molecular formula is C7H10O3.